The maximum atomic E-state index is 13.4. The van der Waals surface area contributed by atoms with Crippen LogP contribution in [0, 0.1) is 41.5 Å². The number of piperidine rings is 2. The molecule has 7 amide bonds. The highest BCUT2D eigenvalue weighted by Crippen LogP contribution is 2.45. The second-order valence-electron chi connectivity index (χ2n) is 37.7. The van der Waals surface area contributed by atoms with Gasteiger partial charge >= 0.3 is 35.8 Å². The average Bonchev–Trinajstić information content (AvgIpc) is 1.16. The smallest absolute Gasteiger partial charge is 0.352 e. The van der Waals surface area contributed by atoms with E-state index in [9.17, 15) is 75.5 Å². The fraction of sp³-hybridized carbons (Fsp3) is 0.394. The summed E-state index contributed by atoms with van der Waals surface area (Å²) >= 11 is 2.95. The molecule has 5 saturated heterocycles. The van der Waals surface area contributed by atoms with Gasteiger partial charge in [0.1, 0.15) is 33.3 Å². The number of likely N-dealkylation sites (N-methyl/N-ethyl adjacent to an activating group) is 2. The third-order valence-electron chi connectivity index (χ3n) is 26.5. The van der Waals surface area contributed by atoms with Gasteiger partial charge in [-0.3, -0.25) is 48.2 Å². The number of aromatic nitrogens is 3. The molecule has 0 saturated carbocycles. The zero-order chi connectivity index (χ0) is 108. The summed E-state index contributed by atoms with van der Waals surface area (Å²) < 4.78 is 64.1. The molecule has 0 radical (unpaired) electrons. The van der Waals surface area contributed by atoms with Crippen molar-refractivity contribution in [3.05, 3.63) is 215 Å². The number of Topliss-reactive ketones (excluding diaryl/α,β-unsaturated/α-hetero) is 1. The van der Waals surface area contributed by atoms with E-state index >= 15 is 0 Å². The van der Waals surface area contributed by atoms with E-state index in [4.69, 9.17) is 38.3 Å². The standard InChI is InChI=1S/C43H47N5O10S.C33H39N5O7S.C33H41N5O6S/c1-5-16-45-41(51)38-25(2)35(46-26(38)3)24-33-32-21-28(13-14-34(32)47-40(33)50)20-30(49)15-19-56-42(52)27(4)57-43(53)29-22-36(48-17-9-10-18-48)39(37(23-29)59(44,54)55)58-31-11-7-6-8-12-31;1-6-12-34-30(41)28-18(2)25(35-19(28)3)16-23-22-15-21(10-11-24(22)36-29(23)40)45-33(43)20(4)44-27(39)17-26-37(5)31(42)32(46-26)38-13-8-7-9-14-38;1-6-12-34-32(41)30-19(2)26(35-20(30)3)16-24-23-15-22(10-11-25(23)36-31(24)40)44-33(42)21(4)43-29(39)17-27-37(5)18-28(45-27)38-13-8-7-9-14-38/h6-8,11-14,21-24,27,46H,5,9-10,15-20H2,1-4H3,(H,45,51)(H,47,50)(H2,44,54,55);10-11,15-17,20,32,35H,6-9,12-14H2,1-5H3,(H,34,41)(H,36,40);10-11,15-17,21,28,35H,6-9,12-14,18H2,1-5H3,(H,34,41)(H,36,40)/b33-24-;23-16-,26-17+;24-16-,27-17-. The number of carbonyl (C=O) groups excluding carboxylic acids is 14. The van der Waals surface area contributed by atoms with E-state index < -0.39 is 69.0 Å². The van der Waals surface area contributed by atoms with Crippen LogP contribution in [0.4, 0.5) is 22.7 Å². The van der Waals surface area contributed by atoms with Gasteiger partial charge in [-0.1, -0.05) is 81.4 Å². The quantitative estimate of drug-likeness (QED) is 0.00775. The molecule has 0 bridgehead atoms. The van der Waals surface area contributed by atoms with E-state index in [1.165, 1.54) is 81.0 Å². The number of nitrogens with two attached hydrogens (primary N) is 1. The summed E-state index contributed by atoms with van der Waals surface area (Å²) in [6, 6.07) is 25.8. The van der Waals surface area contributed by atoms with Crippen LogP contribution in [0.3, 0.4) is 0 Å². The number of nitrogens with zero attached hydrogens (tertiary/aromatic N) is 5. The van der Waals surface area contributed by atoms with Crippen molar-refractivity contribution in [1.29, 1.82) is 0 Å². The fourth-order valence-corrected chi connectivity index (χ4v) is 21.8. The monoisotopic (exact) mass is 2110 g/mol. The van der Waals surface area contributed by atoms with Gasteiger partial charge in [-0.2, -0.15) is 0 Å². The lowest BCUT2D eigenvalue weighted by molar-refractivity contribution is -0.157. The van der Waals surface area contributed by atoms with Crippen molar-refractivity contribution >= 4 is 174 Å². The number of aryl methyl sites for hydroxylation is 3. The summed E-state index contributed by atoms with van der Waals surface area (Å²) in [6.07, 6.45) is 14.8. The Hall–Kier alpha value is -14.7. The Morgan fingerprint density at radius 2 is 0.933 bits per heavy atom. The zero-order valence-electron chi connectivity index (χ0n) is 86.4. The lowest BCUT2D eigenvalue weighted by Crippen LogP contribution is -2.42. The van der Waals surface area contributed by atoms with Crippen molar-refractivity contribution < 1.29 is 109 Å². The number of amides is 7. The van der Waals surface area contributed by atoms with Crippen molar-refractivity contribution in [3.8, 4) is 23.0 Å². The van der Waals surface area contributed by atoms with Crippen LogP contribution in [0.5, 0.6) is 23.0 Å². The predicted octanol–water partition coefficient (Wildman–Crippen LogP) is 14.0. The summed E-state index contributed by atoms with van der Waals surface area (Å²) in [5, 5.41) is 23.9. The van der Waals surface area contributed by atoms with E-state index in [1.54, 1.807) is 130 Å². The highest BCUT2D eigenvalue weighted by Gasteiger charge is 2.42. The normalized spacial score (nSPS) is 18.3. The minimum Gasteiger partial charge on any atom is -0.462 e. The van der Waals surface area contributed by atoms with Crippen LogP contribution in [0.25, 0.3) is 34.9 Å². The minimum absolute atomic E-state index is 0.00502. The number of fused-ring (bicyclic) bond motifs is 3. The van der Waals surface area contributed by atoms with Crippen molar-refractivity contribution in [2.24, 2.45) is 5.14 Å². The molecule has 5 atom stereocenters. The number of nitrogens with one attached hydrogen (secondary N) is 9. The first-order chi connectivity index (χ1) is 71.7. The first-order valence-corrected chi connectivity index (χ1v) is 53.6. The molecule has 0 spiro atoms. The number of primary sulfonamides is 1. The van der Waals surface area contributed by atoms with Crippen LogP contribution in [0.1, 0.15) is 233 Å². The molecule has 11 N–H and O–H groups in total. The van der Waals surface area contributed by atoms with Gasteiger partial charge in [0, 0.05) is 134 Å². The number of aromatic amines is 3. The van der Waals surface area contributed by atoms with Crippen molar-refractivity contribution in [2.45, 2.75) is 201 Å². The van der Waals surface area contributed by atoms with E-state index in [-0.39, 0.29) is 94.8 Å². The Bertz CT molecular complexity index is 6890. The number of sulfonamides is 1. The molecule has 5 aromatic carbocycles. The molecule has 3 aromatic heterocycles. The molecule has 150 heavy (non-hydrogen) atoms. The molecule has 38 nitrogen and oxygen atoms in total. The lowest BCUT2D eigenvalue weighted by atomic mass is 9.99. The largest absolute Gasteiger partial charge is 0.462 e. The molecule has 794 valence electrons. The zero-order valence-corrected chi connectivity index (χ0v) is 88.9. The Morgan fingerprint density at radius 3 is 1.39 bits per heavy atom. The molecule has 0 aliphatic carbocycles. The molecule has 16 rings (SSSR count). The topological polar surface area (TPSA) is 500 Å². The predicted molar refractivity (Wildman–Crippen MR) is 570 cm³/mol. The van der Waals surface area contributed by atoms with Gasteiger partial charge in [-0.25, -0.2) is 42.3 Å². The number of ketones is 1. The molecule has 8 aliphatic rings. The maximum absolute atomic E-state index is 13.4. The van der Waals surface area contributed by atoms with Gasteiger partial charge in [0.15, 0.2) is 24.1 Å². The number of likely N-dealkylation sites (tertiary alicyclic amines) is 2. The van der Waals surface area contributed by atoms with Crippen LogP contribution in [-0.2, 0) is 83.3 Å². The second-order valence-corrected chi connectivity index (χ2v) is 41.6. The van der Waals surface area contributed by atoms with E-state index in [0.29, 0.717) is 173 Å². The number of thioether (sulfide) groups is 2. The number of esters is 6. The highest BCUT2D eigenvalue weighted by atomic mass is 32.2. The van der Waals surface area contributed by atoms with Crippen LogP contribution < -0.4 is 56.2 Å². The summed E-state index contributed by atoms with van der Waals surface area (Å²) in [7, 11) is -0.827. The Kier molecular flexibility index (Phi) is 36.7. The number of hydrogen-bond donors (Lipinski definition) is 10. The van der Waals surface area contributed by atoms with E-state index in [1.807, 2.05) is 65.3 Å². The van der Waals surface area contributed by atoms with Crippen LogP contribution in [-0.4, -0.2) is 241 Å². The van der Waals surface area contributed by atoms with E-state index in [2.05, 4.69) is 56.7 Å². The number of benzene rings is 5. The summed E-state index contributed by atoms with van der Waals surface area (Å²) in [6.45, 7) is 28.2. The number of para-hydroxylation sites is 1. The molecule has 8 aliphatic heterocycles. The Balaban J connectivity index is 0.000000179. The summed E-state index contributed by atoms with van der Waals surface area (Å²) in [4.78, 5) is 199. The van der Waals surface area contributed by atoms with Gasteiger partial charge in [0.25, 0.3) is 41.4 Å². The van der Waals surface area contributed by atoms with E-state index in [0.717, 1.165) is 101 Å². The Labute approximate surface area is 878 Å². The second kappa shape index (κ2) is 49.7. The minimum atomic E-state index is -4.40. The number of hydrogen-bond acceptors (Lipinski definition) is 29. The summed E-state index contributed by atoms with van der Waals surface area (Å²) in [5.41, 5.74) is 13.0. The molecular formula is C109H127N15O23S3. The molecule has 11 heterocycles. The number of anilines is 4. The molecule has 8 aromatic rings. The SMILES string of the molecule is CCCNC(=O)c1c(C)[nH]c(/C=C2\C(=O)Nc3ccc(CC(=O)CCOC(=O)C(C)OC(=O)c4cc(N5CCCC5)c(Oc5ccccc5)c(S(N)(=O)=O)c4)cc32)c1C.CCCNC(=O)c1c(C)[nH]c(/C=C2\C(=O)Nc3ccc(OC(=O)C(C)OC(=O)/C=C4/SC(N5CCCCC5)C(=O)N4C)cc32)c1C.CCCNC(=O)c1c(C)[nH]c(/C=C2\C(=O)Nc3ccc(OC(=O)C(C)OC(=O)/C=C4\SC(N5CCCCC5)CN4C)cc32)c1C. The van der Waals surface area contributed by atoms with Gasteiger partial charge < -0.3 is 94.7 Å². The third-order valence-corrected chi connectivity index (χ3v) is 30.1. The molecule has 41 heteroatoms. The average molecular weight is 2110 g/mol. The van der Waals surface area contributed by atoms with Crippen molar-refractivity contribution in [2.75, 3.05) is 107 Å². The van der Waals surface area contributed by atoms with Gasteiger partial charge in [0.05, 0.1) is 78.9 Å². The third kappa shape index (κ3) is 26.8. The van der Waals surface area contributed by atoms with Crippen LogP contribution >= 0.6 is 23.5 Å². The van der Waals surface area contributed by atoms with Gasteiger partial charge in [0.2, 0.25) is 10.0 Å². The molecule has 5 fully saturated rings. The van der Waals surface area contributed by atoms with Crippen LogP contribution in [0.2, 0.25) is 0 Å². The van der Waals surface area contributed by atoms with Gasteiger partial charge in [-0.15, -0.1) is 0 Å². The fourth-order valence-electron chi connectivity index (χ4n) is 18.5. The molecule has 5 unspecified atom stereocenters. The van der Waals surface area contributed by atoms with Crippen molar-refractivity contribution in [1.82, 2.24) is 50.5 Å². The maximum Gasteiger partial charge on any atom is 0.352 e. The van der Waals surface area contributed by atoms with Crippen molar-refractivity contribution in [3.63, 3.8) is 0 Å². The Morgan fingerprint density at radius 1 is 0.500 bits per heavy atom. The number of carbonyl (C=O) groups is 14. The summed E-state index contributed by atoms with van der Waals surface area (Å²) in [5.74, 6) is -5.94. The lowest BCUT2D eigenvalue weighted by Gasteiger charge is -2.30. The first-order valence-electron chi connectivity index (χ1n) is 50.3. The number of H-pyrrole nitrogens is 3. The molecular weight excluding hydrogens is 1980 g/mol. The number of rotatable bonds is 34. The highest BCUT2D eigenvalue weighted by molar-refractivity contribution is 8.04. The first kappa shape index (κ1) is 111. The number of ether oxygens (including phenoxy) is 7. The van der Waals surface area contributed by atoms with Crippen LogP contribution in [0.15, 0.2) is 124 Å². The van der Waals surface area contributed by atoms with Gasteiger partial charge in [-0.05, 0) is 260 Å².